The van der Waals surface area contributed by atoms with Crippen LogP contribution in [0.3, 0.4) is 0 Å². The highest BCUT2D eigenvalue weighted by Crippen LogP contribution is 2.43. The molecule has 20 heavy (non-hydrogen) atoms. The Hall–Kier alpha value is -1.55. The summed E-state index contributed by atoms with van der Waals surface area (Å²) in [5.74, 6) is -0.877. The van der Waals surface area contributed by atoms with E-state index in [1.165, 1.54) is 0 Å². The molecule has 0 atom stereocenters. The van der Waals surface area contributed by atoms with Crippen LogP contribution in [0.25, 0.3) is 0 Å². The van der Waals surface area contributed by atoms with Gasteiger partial charge in [0, 0.05) is 0 Å². The monoisotopic (exact) mass is 293 g/mol. The molecule has 106 valence electrons. The molecule has 1 aromatic rings. The van der Waals surface area contributed by atoms with E-state index in [9.17, 15) is 14.7 Å². The molecule has 3 rings (SSSR count). The average molecular weight is 294 g/mol. The second-order valence-electron chi connectivity index (χ2n) is 5.67. The minimum absolute atomic E-state index is 0.0907. The predicted molar refractivity (Wildman–Crippen MR) is 76.2 cm³/mol. The maximum atomic E-state index is 11.8. The average Bonchev–Trinajstić information content (AvgIpc) is 2.80. The van der Waals surface area contributed by atoms with Crippen molar-refractivity contribution in [2.24, 2.45) is 0 Å². The number of halogens is 1. The largest absolute Gasteiger partial charge is 0.481 e. The molecule has 1 fully saturated rings. The molecule has 5 heteroatoms. The molecule has 0 spiro atoms. The van der Waals surface area contributed by atoms with Gasteiger partial charge in [0.15, 0.2) is 0 Å². The van der Waals surface area contributed by atoms with Crippen LogP contribution in [0.5, 0.6) is 0 Å². The van der Waals surface area contributed by atoms with E-state index < -0.39 is 11.4 Å². The lowest BCUT2D eigenvalue weighted by atomic mass is 9.69. The van der Waals surface area contributed by atoms with Crippen LogP contribution in [0.2, 0.25) is 5.02 Å². The van der Waals surface area contributed by atoms with Crippen molar-refractivity contribution in [1.82, 2.24) is 0 Å². The first-order chi connectivity index (χ1) is 9.53. The molecule has 1 aliphatic carbocycles. The van der Waals surface area contributed by atoms with Gasteiger partial charge >= 0.3 is 5.97 Å². The minimum atomic E-state index is -0.845. The molecule has 0 saturated heterocycles. The molecule has 2 N–H and O–H groups in total. The first-order valence-corrected chi connectivity index (χ1v) is 7.27. The number of carboxylic acids is 1. The molecule has 0 aromatic heterocycles. The summed E-state index contributed by atoms with van der Waals surface area (Å²) in [7, 11) is 0. The Kier molecular flexibility index (Phi) is 3.21. The van der Waals surface area contributed by atoms with Crippen molar-refractivity contribution >= 4 is 29.2 Å². The predicted octanol–water partition coefficient (Wildman–Crippen LogP) is 3.12. The Morgan fingerprint density at radius 1 is 1.25 bits per heavy atom. The van der Waals surface area contributed by atoms with Gasteiger partial charge in [-0.1, -0.05) is 36.9 Å². The van der Waals surface area contributed by atoms with Gasteiger partial charge in [0.05, 0.1) is 22.5 Å². The first-order valence-electron chi connectivity index (χ1n) is 6.89. The van der Waals surface area contributed by atoms with Gasteiger partial charge in [-0.2, -0.15) is 0 Å². The molecule has 1 amide bonds. The van der Waals surface area contributed by atoms with E-state index in [0.717, 1.165) is 30.4 Å². The highest BCUT2D eigenvalue weighted by atomic mass is 35.5. The molecule has 0 radical (unpaired) electrons. The number of carbonyl (C=O) groups is 2. The summed E-state index contributed by atoms with van der Waals surface area (Å²) < 4.78 is 0. The van der Waals surface area contributed by atoms with E-state index in [-0.39, 0.29) is 12.3 Å². The molecule has 1 saturated carbocycles. The number of fused-ring (bicyclic) bond motifs is 1. The van der Waals surface area contributed by atoms with Gasteiger partial charge in [0.25, 0.3) is 0 Å². The van der Waals surface area contributed by atoms with Crippen molar-refractivity contribution in [3.05, 3.63) is 28.3 Å². The fourth-order valence-electron chi connectivity index (χ4n) is 3.36. The summed E-state index contributed by atoms with van der Waals surface area (Å²) in [4.78, 5) is 23.3. The second kappa shape index (κ2) is 4.77. The lowest BCUT2D eigenvalue weighted by Crippen LogP contribution is -2.37. The third kappa shape index (κ3) is 1.99. The number of anilines is 1. The lowest BCUT2D eigenvalue weighted by molar-refractivity contribution is -0.145. The molecule has 1 aliphatic heterocycles. The third-order valence-electron chi connectivity index (χ3n) is 4.46. The summed E-state index contributed by atoms with van der Waals surface area (Å²) in [6.45, 7) is 0. The molecule has 2 aliphatic rings. The number of benzene rings is 1. The Bertz CT molecular complexity index is 591. The summed E-state index contributed by atoms with van der Waals surface area (Å²) in [5, 5.41) is 12.9. The topological polar surface area (TPSA) is 66.4 Å². The Morgan fingerprint density at radius 3 is 2.60 bits per heavy atom. The maximum absolute atomic E-state index is 11.8. The van der Waals surface area contributed by atoms with Gasteiger partial charge in [0.1, 0.15) is 0 Å². The lowest BCUT2D eigenvalue weighted by Gasteiger charge is -2.34. The normalized spacial score (nSPS) is 20.4. The highest BCUT2D eigenvalue weighted by Gasteiger charge is 2.42. The molecular formula is C15H16ClNO3. The number of rotatable bonds is 2. The minimum Gasteiger partial charge on any atom is -0.481 e. The van der Waals surface area contributed by atoms with Gasteiger partial charge in [-0.15, -0.1) is 0 Å². The Balaban J connectivity index is 2.09. The zero-order valence-corrected chi connectivity index (χ0v) is 11.8. The van der Waals surface area contributed by atoms with E-state index in [2.05, 4.69) is 5.32 Å². The van der Waals surface area contributed by atoms with Crippen molar-refractivity contribution in [2.75, 3.05) is 5.32 Å². The quantitative estimate of drug-likeness (QED) is 0.880. The van der Waals surface area contributed by atoms with Crippen LogP contribution in [-0.4, -0.2) is 17.0 Å². The molecule has 0 unspecified atom stereocenters. The van der Waals surface area contributed by atoms with Crippen molar-refractivity contribution in [2.45, 2.75) is 43.9 Å². The highest BCUT2D eigenvalue weighted by molar-refractivity contribution is 6.34. The first kappa shape index (κ1) is 13.4. The van der Waals surface area contributed by atoms with Crippen LogP contribution in [0.15, 0.2) is 12.1 Å². The number of aliphatic carboxylic acids is 1. The van der Waals surface area contributed by atoms with E-state index in [1.54, 1.807) is 6.07 Å². The van der Waals surface area contributed by atoms with E-state index in [0.29, 0.717) is 23.6 Å². The fourth-order valence-corrected chi connectivity index (χ4v) is 3.64. The zero-order valence-electron chi connectivity index (χ0n) is 11.0. The van der Waals surface area contributed by atoms with E-state index in [4.69, 9.17) is 11.6 Å². The number of hydrogen-bond donors (Lipinski definition) is 2. The number of hydrogen-bond acceptors (Lipinski definition) is 2. The van der Waals surface area contributed by atoms with E-state index >= 15 is 0 Å². The summed E-state index contributed by atoms with van der Waals surface area (Å²) in [5.41, 5.74) is 1.34. The van der Waals surface area contributed by atoms with Crippen LogP contribution >= 0.6 is 11.6 Å². The summed E-state index contributed by atoms with van der Waals surface area (Å²) in [6, 6.07) is 3.56. The third-order valence-corrected chi connectivity index (χ3v) is 4.75. The molecule has 4 nitrogen and oxygen atoms in total. The SMILES string of the molecule is O=C1Cc2cc(C3(C(=O)O)CCCCC3)cc(Cl)c2N1. The van der Waals surface area contributed by atoms with Gasteiger partial charge in [-0.25, -0.2) is 0 Å². The van der Waals surface area contributed by atoms with Crippen LogP contribution < -0.4 is 5.32 Å². The van der Waals surface area contributed by atoms with Crippen molar-refractivity contribution in [3.63, 3.8) is 0 Å². The number of amides is 1. The van der Waals surface area contributed by atoms with Gasteiger partial charge in [-0.3, -0.25) is 9.59 Å². The Morgan fingerprint density at radius 2 is 1.95 bits per heavy atom. The number of nitrogens with one attached hydrogen (secondary N) is 1. The van der Waals surface area contributed by atoms with Crippen LogP contribution in [-0.2, 0) is 21.4 Å². The van der Waals surface area contributed by atoms with Crippen molar-refractivity contribution in [3.8, 4) is 0 Å². The second-order valence-corrected chi connectivity index (χ2v) is 6.07. The number of carbonyl (C=O) groups excluding carboxylic acids is 1. The number of carboxylic acid groups (broad SMARTS) is 1. The van der Waals surface area contributed by atoms with Crippen molar-refractivity contribution < 1.29 is 14.7 Å². The van der Waals surface area contributed by atoms with Crippen LogP contribution in [0, 0.1) is 0 Å². The van der Waals surface area contributed by atoms with Gasteiger partial charge in [-0.05, 0) is 30.0 Å². The summed E-state index contributed by atoms with van der Waals surface area (Å²) in [6.07, 6.45) is 4.46. The van der Waals surface area contributed by atoms with Gasteiger partial charge < -0.3 is 10.4 Å². The molecular weight excluding hydrogens is 278 g/mol. The standard InChI is InChI=1S/C15H16ClNO3/c16-11-8-10(6-9-7-12(18)17-13(9)11)15(14(19)20)4-2-1-3-5-15/h6,8H,1-5,7H2,(H,17,18)(H,19,20). The Labute approximate surface area is 122 Å². The zero-order chi connectivity index (χ0) is 14.3. The van der Waals surface area contributed by atoms with Crippen LogP contribution in [0.1, 0.15) is 43.2 Å². The van der Waals surface area contributed by atoms with Crippen LogP contribution in [0.4, 0.5) is 5.69 Å². The van der Waals surface area contributed by atoms with Crippen molar-refractivity contribution in [1.29, 1.82) is 0 Å². The molecule has 0 bridgehead atoms. The van der Waals surface area contributed by atoms with E-state index in [1.807, 2.05) is 6.07 Å². The molecule has 1 heterocycles. The maximum Gasteiger partial charge on any atom is 0.314 e. The smallest absolute Gasteiger partial charge is 0.314 e. The fraction of sp³-hybridized carbons (Fsp3) is 0.467. The molecule has 1 aromatic carbocycles. The summed E-state index contributed by atoms with van der Waals surface area (Å²) >= 11 is 6.22. The van der Waals surface area contributed by atoms with Gasteiger partial charge in [0.2, 0.25) is 5.91 Å².